The van der Waals surface area contributed by atoms with E-state index in [9.17, 15) is 4.79 Å². The van der Waals surface area contributed by atoms with Crippen molar-refractivity contribution in [3.8, 4) is 0 Å². The average molecular weight is 308 g/mol. The summed E-state index contributed by atoms with van der Waals surface area (Å²) in [7, 11) is 0. The van der Waals surface area contributed by atoms with Crippen LogP contribution in [-0.2, 0) is 0 Å². The van der Waals surface area contributed by atoms with E-state index < -0.39 is 0 Å². The van der Waals surface area contributed by atoms with Crippen molar-refractivity contribution < 1.29 is 4.79 Å². The molecule has 1 amide bonds. The molecule has 2 fully saturated rings. The molecule has 1 saturated heterocycles. The molecule has 6 heteroatoms. The fourth-order valence-corrected chi connectivity index (χ4v) is 4.26. The minimum atomic E-state index is -0.0661. The van der Waals surface area contributed by atoms with E-state index in [0.29, 0.717) is 10.7 Å². The molecule has 0 unspecified atom stereocenters. The Morgan fingerprint density at radius 2 is 2.00 bits per heavy atom. The lowest BCUT2D eigenvalue weighted by Gasteiger charge is -2.23. The number of amides is 1. The van der Waals surface area contributed by atoms with Crippen LogP contribution in [-0.4, -0.2) is 30.5 Å². The first-order valence-corrected chi connectivity index (χ1v) is 8.69. The van der Waals surface area contributed by atoms with Gasteiger partial charge in [-0.1, -0.05) is 31.1 Å². The predicted molar refractivity (Wildman–Crippen MR) is 86.9 cm³/mol. The summed E-state index contributed by atoms with van der Waals surface area (Å²) in [6.07, 6.45) is 7.33. The van der Waals surface area contributed by atoms with E-state index in [2.05, 4.69) is 22.1 Å². The first kappa shape index (κ1) is 14.6. The number of rotatable bonds is 4. The van der Waals surface area contributed by atoms with Gasteiger partial charge in [-0.05, 0) is 31.1 Å². The van der Waals surface area contributed by atoms with E-state index in [0.717, 1.165) is 24.8 Å². The van der Waals surface area contributed by atoms with Crippen LogP contribution in [0.5, 0.6) is 0 Å². The topological polar surface area (TPSA) is 71.2 Å². The second-order valence-corrected chi connectivity index (χ2v) is 7.58. The van der Waals surface area contributed by atoms with E-state index in [1.807, 2.05) is 0 Å². The van der Waals surface area contributed by atoms with Crippen molar-refractivity contribution in [2.45, 2.75) is 45.4 Å². The Kier molecular flexibility index (Phi) is 4.06. The summed E-state index contributed by atoms with van der Waals surface area (Å²) in [5.41, 5.74) is 6.20. The normalized spacial score (nSPS) is 20.9. The molecule has 1 aromatic heterocycles. The summed E-state index contributed by atoms with van der Waals surface area (Å²) in [4.78, 5) is 19.5. The van der Waals surface area contributed by atoms with Crippen LogP contribution in [0, 0.1) is 5.41 Å². The fraction of sp³-hybridized carbons (Fsp3) is 0.733. The minimum absolute atomic E-state index is 0.0661. The highest BCUT2D eigenvalue weighted by Crippen LogP contribution is 2.37. The summed E-state index contributed by atoms with van der Waals surface area (Å²) < 4.78 is 0. The van der Waals surface area contributed by atoms with Gasteiger partial charge in [0.15, 0.2) is 5.13 Å². The van der Waals surface area contributed by atoms with Crippen molar-refractivity contribution in [2.24, 2.45) is 5.41 Å². The van der Waals surface area contributed by atoms with Crippen LogP contribution in [0.4, 0.5) is 10.9 Å². The van der Waals surface area contributed by atoms with E-state index >= 15 is 0 Å². The highest BCUT2D eigenvalue weighted by Gasteiger charge is 2.30. The molecule has 21 heavy (non-hydrogen) atoms. The minimum Gasteiger partial charge on any atom is -0.382 e. The van der Waals surface area contributed by atoms with Gasteiger partial charge in [0.25, 0.3) is 5.91 Å². The van der Waals surface area contributed by atoms with Gasteiger partial charge in [0.1, 0.15) is 10.7 Å². The maximum Gasteiger partial charge on any atom is 0.265 e. The third-order valence-corrected chi connectivity index (χ3v) is 5.84. The molecule has 1 aliphatic carbocycles. The Labute approximate surface area is 129 Å². The number of anilines is 2. The summed E-state index contributed by atoms with van der Waals surface area (Å²) in [6.45, 7) is 5.03. The molecule has 1 aromatic rings. The highest BCUT2D eigenvalue weighted by atomic mass is 32.1. The monoisotopic (exact) mass is 308 g/mol. The average Bonchev–Trinajstić information content (AvgIpc) is 3.16. The van der Waals surface area contributed by atoms with Crippen LogP contribution in [0.1, 0.15) is 55.1 Å². The number of nitrogens with zero attached hydrogens (tertiary/aromatic N) is 2. The number of carbonyl (C=O) groups is 1. The molecule has 0 radical (unpaired) electrons. The molecule has 2 heterocycles. The molecule has 5 nitrogen and oxygen atoms in total. The van der Waals surface area contributed by atoms with Crippen LogP contribution in [0.2, 0.25) is 0 Å². The first-order valence-electron chi connectivity index (χ1n) is 7.87. The molecule has 0 aromatic carbocycles. The van der Waals surface area contributed by atoms with Crippen molar-refractivity contribution in [3.63, 3.8) is 0 Å². The molecule has 0 spiro atoms. The molecule has 1 saturated carbocycles. The largest absolute Gasteiger partial charge is 0.382 e. The Morgan fingerprint density at radius 1 is 1.33 bits per heavy atom. The molecule has 116 valence electrons. The second-order valence-electron chi connectivity index (χ2n) is 6.61. The number of nitrogen functional groups attached to an aromatic ring is 1. The second kappa shape index (κ2) is 5.83. The number of nitrogens with one attached hydrogen (secondary N) is 1. The number of carbonyl (C=O) groups excluding carboxylic acids is 1. The lowest BCUT2D eigenvalue weighted by atomic mass is 9.89. The van der Waals surface area contributed by atoms with Gasteiger partial charge in [0.05, 0.1) is 0 Å². The third-order valence-electron chi connectivity index (χ3n) is 4.71. The number of hydrogen-bond acceptors (Lipinski definition) is 5. The zero-order valence-electron chi connectivity index (χ0n) is 12.7. The van der Waals surface area contributed by atoms with Gasteiger partial charge in [-0.3, -0.25) is 4.79 Å². The van der Waals surface area contributed by atoms with Crippen molar-refractivity contribution in [3.05, 3.63) is 4.88 Å². The summed E-state index contributed by atoms with van der Waals surface area (Å²) in [5.74, 6) is 0.305. The third kappa shape index (κ3) is 3.15. The van der Waals surface area contributed by atoms with Gasteiger partial charge in [-0.15, -0.1) is 0 Å². The number of aromatic nitrogens is 1. The Bertz CT molecular complexity index is 516. The maximum absolute atomic E-state index is 12.4. The van der Waals surface area contributed by atoms with Crippen molar-refractivity contribution >= 4 is 28.2 Å². The number of nitrogens with two attached hydrogens (primary N) is 1. The first-order chi connectivity index (χ1) is 10.1. The SMILES string of the molecule is CC1(CNC(=O)c2sc(N3CCCC3)nc2N)CCCC1. The molecule has 2 aliphatic rings. The van der Waals surface area contributed by atoms with Gasteiger partial charge in [-0.25, -0.2) is 4.98 Å². The van der Waals surface area contributed by atoms with E-state index in [4.69, 9.17) is 5.73 Å². The Morgan fingerprint density at radius 3 is 2.67 bits per heavy atom. The van der Waals surface area contributed by atoms with Gasteiger partial charge >= 0.3 is 0 Å². The smallest absolute Gasteiger partial charge is 0.265 e. The fourth-order valence-electron chi connectivity index (χ4n) is 3.31. The van der Waals surface area contributed by atoms with Gasteiger partial charge in [-0.2, -0.15) is 0 Å². The van der Waals surface area contributed by atoms with Crippen LogP contribution in [0.25, 0.3) is 0 Å². The Balaban J connectivity index is 1.64. The van der Waals surface area contributed by atoms with Crippen molar-refractivity contribution in [2.75, 3.05) is 30.3 Å². The zero-order valence-corrected chi connectivity index (χ0v) is 13.5. The van der Waals surface area contributed by atoms with Crippen LogP contribution < -0.4 is 16.0 Å². The number of thiazole rings is 1. The summed E-state index contributed by atoms with van der Waals surface area (Å²) in [6, 6.07) is 0. The predicted octanol–water partition coefficient (Wildman–Crippen LogP) is 2.64. The highest BCUT2D eigenvalue weighted by molar-refractivity contribution is 7.18. The molecule has 0 atom stereocenters. The number of hydrogen-bond donors (Lipinski definition) is 2. The zero-order chi connectivity index (χ0) is 14.9. The molecule has 0 bridgehead atoms. The Hall–Kier alpha value is -1.30. The lowest BCUT2D eigenvalue weighted by molar-refractivity contribution is 0.0939. The van der Waals surface area contributed by atoms with E-state index in [1.54, 1.807) is 0 Å². The summed E-state index contributed by atoms with van der Waals surface area (Å²) in [5, 5.41) is 3.95. The summed E-state index contributed by atoms with van der Waals surface area (Å²) >= 11 is 1.42. The van der Waals surface area contributed by atoms with Gasteiger partial charge < -0.3 is 16.0 Å². The standard InChI is InChI=1S/C15H24N4OS/c1-15(6-2-3-7-15)10-17-13(20)11-12(16)18-14(21-11)19-8-4-5-9-19/h2-10,16H2,1H3,(H,17,20). The molecule has 3 N–H and O–H groups in total. The van der Waals surface area contributed by atoms with Crippen LogP contribution in [0.3, 0.4) is 0 Å². The lowest BCUT2D eigenvalue weighted by Crippen LogP contribution is -2.34. The van der Waals surface area contributed by atoms with Gasteiger partial charge in [0.2, 0.25) is 0 Å². The van der Waals surface area contributed by atoms with Crippen LogP contribution in [0.15, 0.2) is 0 Å². The molecule has 3 rings (SSSR count). The quantitative estimate of drug-likeness (QED) is 0.897. The van der Waals surface area contributed by atoms with Gasteiger partial charge in [0, 0.05) is 19.6 Å². The van der Waals surface area contributed by atoms with E-state index in [1.165, 1.54) is 49.9 Å². The maximum atomic E-state index is 12.4. The molecular weight excluding hydrogens is 284 g/mol. The molecular formula is C15H24N4OS. The van der Waals surface area contributed by atoms with Crippen LogP contribution >= 0.6 is 11.3 Å². The van der Waals surface area contributed by atoms with Crippen molar-refractivity contribution in [1.29, 1.82) is 0 Å². The van der Waals surface area contributed by atoms with E-state index in [-0.39, 0.29) is 11.3 Å². The van der Waals surface area contributed by atoms with Crippen molar-refractivity contribution in [1.82, 2.24) is 10.3 Å². The molecule has 1 aliphatic heterocycles.